The maximum atomic E-state index is 5.10. The van der Waals surface area contributed by atoms with Crippen LogP contribution >= 0.6 is 0 Å². The van der Waals surface area contributed by atoms with E-state index in [1.54, 1.807) is 0 Å². The SMILES string of the molecule is C#Cc1ccccc1.C=Cc1ccccc1.CCC1CCCCC1.CCc1ccccc1. The van der Waals surface area contributed by atoms with Crippen LogP contribution in [0.4, 0.5) is 0 Å². The Morgan fingerprint density at radius 1 is 0.781 bits per heavy atom. The van der Waals surface area contributed by atoms with Crippen LogP contribution in [0.15, 0.2) is 97.6 Å². The van der Waals surface area contributed by atoms with E-state index in [4.69, 9.17) is 6.42 Å². The van der Waals surface area contributed by atoms with Gasteiger partial charge in [0.1, 0.15) is 0 Å². The third-order valence-electron chi connectivity index (χ3n) is 5.53. The summed E-state index contributed by atoms with van der Waals surface area (Å²) in [6.07, 6.45) is 17.0. The van der Waals surface area contributed by atoms with Crippen molar-refractivity contribution in [3.63, 3.8) is 0 Å². The van der Waals surface area contributed by atoms with Crippen molar-refractivity contribution < 1.29 is 0 Å². The first-order chi connectivity index (χ1) is 15.7. The van der Waals surface area contributed by atoms with Gasteiger partial charge in [0.05, 0.1) is 0 Å². The molecule has 1 aliphatic rings. The van der Waals surface area contributed by atoms with Gasteiger partial charge in [-0.25, -0.2) is 0 Å². The molecular weight excluding hydrogens is 384 g/mol. The Morgan fingerprint density at radius 2 is 1.28 bits per heavy atom. The zero-order valence-corrected chi connectivity index (χ0v) is 20.0. The van der Waals surface area contributed by atoms with Gasteiger partial charge in [0.25, 0.3) is 0 Å². The fourth-order valence-corrected chi connectivity index (χ4v) is 3.43. The number of terminal acetylenes is 1. The van der Waals surface area contributed by atoms with Crippen molar-refractivity contribution in [2.24, 2.45) is 5.92 Å². The van der Waals surface area contributed by atoms with E-state index in [2.05, 4.69) is 50.6 Å². The minimum absolute atomic E-state index is 0.938. The Labute approximate surface area is 197 Å². The van der Waals surface area contributed by atoms with Crippen LogP contribution in [0.3, 0.4) is 0 Å². The summed E-state index contributed by atoms with van der Waals surface area (Å²) in [5.74, 6) is 3.61. The summed E-state index contributed by atoms with van der Waals surface area (Å²) < 4.78 is 0. The molecule has 0 N–H and O–H groups in total. The Morgan fingerprint density at radius 3 is 1.59 bits per heavy atom. The molecule has 1 aliphatic carbocycles. The van der Waals surface area contributed by atoms with Gasteiger partial charge in [-0.2, -0.15) is 0 Å². The molecule has 3 aromatic rings. The van der Waals surface area contributed by atoms with Gasteiger partial charge in [-0.05, 0) is 35.6 Å². The van der Waals surface area contributed by atoms with Crippen molar-refractivity contribution in [2.45, 2.75) is 58.8 Å². The van der Waals surface area contributed by atoms with Gasteiger partial charge < -0.3 is 0 Å². The molecule has 0 aromatic heterocycles. The third-order valence-corrected chi connectivity index (χ3v) is 5.53. The first kappa shape index (κ1) is 27.0. The highest BCUT2D eigenvalue weighted by molar-refractivity contribution is 5.45. The molecule has 4 rings (SSSR count). The van der Waals surface area contributed by atoms with Crippen molar-refractivity contribution in [3.05, 3.63) is 114 Å². The van der Waals surface area contributed by atoms with E-state index < -0.39 is 0 Å². The smallest absolute Gasteiger partial charge is 0.0242 e. The number of hydrogen-bond donors (Lipinski definition) is 0. The average molecular weight is 425 g/mol. The van der Waals surface area contributed by atoms with Crippen molar-refractivity contribution in [3.8, 4) is 12.3 Å². The maximum Gasteiger partial charge on any atom is 0.0242 e. The quantitative estimate of drug-likeness (QED) is 0.367. The van der Waals surface area contributed by atoms with Crippen molar-refractivity contribution in [1.82, 2.24) is 0 Å². The van der Waals surface area contributed by atoms with Crippen LogP contribution < -0.4 is 0 Å². The zero-order chi connectivity index (χ0) is 23.3. The van der Waals surface area contributed by atoms with Crippen LogP contribution in [-0.4, -0.2) is 0 Å². The molecule has 0 atom stereocenters. The van der Waals surface area contributed by atoms with E-state index in [9.17, 15) is 0 Å². The van der Waals surface area contributed by atoms with Crippen LogP contribution in [-0.2, 0) is 6.42 Å². The lowest BCUT2D eigenvalue weighted by Crippen LogP contribution is -2.03. The topological polar surface area (TPSA) is 0 Å². The summed E-state index contributed by atoms with van der Waals surface area (Å²) in [4.78, 5) is 0. The molecule has 0 saturated heterocycles. The molecule has 1 fully saturated rings. The van der Waals surface area contributed by atoms with Gasteiger partial charge >= 0.3 is 0 Å². The van der Waals surface area contributed by atoms with Gasteiger partial charge in [0, 0.05) is 5.56 Å². The third kappa shape index (κ3) is 13.3. The van der Waals surface area contributed by atoms with Crippen LogP contribution in [0.25, 0.3) is 6.08 Å². The van der Waals surface area contributed by atoms with Crippen molar-refractivity contribution in [1.29, 1.82) is 0 Å². The standard InChI is InChI=1S/C8H16.C8H10.C8H8.C8H6/c4*1-2-8-6-4-3-5-7-8/h8H,2-7H2,1H3;3-7H,2H2,1H3;2-7H,1H2;1,3-7H. The molecule has 168 valence electrons. The van der Waals surface area contributed by atoms with Crippen LogP contribution in [0, 0.1) is 18.3 Å². The highest BCUT2D eigenvalue weighted by Crippen LogP contribution is 2.25. The Bertz CT molecular complexity index is 835. The van der Waals surface area contributed by atoms with E-state index in [0.717, 1.165) is 17.9 Å². The average Bonchev–Trinajstić information content (AvgIpc) is 2.91. The second-order valence-corrected chi connectivity index (χ2v) is 7.88. The predicted octanol–water partition coefficient (Wildman–Crippen LogP) is 9.22. The minimum atomic E-state index is 0.938. The van der Waals surface area contributed by atoms with E-state index >= 15 is 0 Å². The molecule has 3 aromatic carbocycles. The fraction of sp³-hybridized carbons (Fsp3) is 0.312. The van der Waals surface area contributed by atoms with E-state index in [0.29, 0.717) is 0 Å². The van der Waals surface area contributed by atoms with Crippen LogP contribution in [0.5, 0.6) is 0 Å². The lowest BCUT2D eigenvalue weighted by atomic mass is 9.88. The Kier molecular flexibility index (Phi) is 15.8. The Hall–Kier alpha value is -3.04. The van der Waals surface area contributed by atoms with Crippen LogP contribution in [0.1, 0.15) is 69.1 Å². The molecule has 0 radical (unpaired) electrons. The number of hydrogen-bond acceptors (Lipinski definition) is 0. The van der Waals surface area contributed by atoms with Gasteiger partial charge in [-0.1, -0.05) is 150 Å². The number of benzene rings is 3. The monoisotopic (exact) mass is 424 g/mol. The highest BCUT2D eigenvalue weighted by Gasteiger charge is 2.09. The molecule has 32 heavy (non-hydrogen) atoms. The van der Waals surface area contributed by atoms with Crippen molar-refractivity contribution in [2.75, 3.05) is 0 Å². The zero-order valence-electron chi connectivity index (χ0n) is 20.0. The van der Waals surface area contributed by atoms with Gasteiger partial charge in [0.15, 0.2) is 0 Å². The first-order valence-electron chi connectivity index (χ1n) is 12.0. The second-order valence-electron chi connectivity index (χ2n) is 7.88. The first-order valence-corrected chi connectivity index (χ1v) is 12.0. The van der Waals surface area contributed by atoms with Crippen molar-refractivity contribution >= 4 is 6.08 Å². The van der Waals surface area contributed by atoms with Gasteiger partial charge in [-0.3, -0.25) is 0 Å². The predicted molar refractivity (Wildman–Crippen MR) is 144 cm³/mol. The van der Waals surface area contributed by atoms with Gasteiger partial charge in [0.2, 0.25) is 0 Å². The molecule has 0 spiro atoms. The second kappa shape index (κ2) is 18.7. The lowest BCUT2D eigenvalue weighted by molar-refractivity contribution is 0.349. The molecule has 0 amide bonds. The van der Waals surface area contributed by atoms with Gasteiger partial charge in [-0.15, -0.1) is 6.42 Å². The number of aryl methyl sites for hydroxylation is 1. The van der Waals surface area contributed by atoms with E-state index in [1.807, 2.05) is 72.8 Å². The molecule has 0 heteroatoms. The fourth-order valence-electron chi connectivity index (χ4n) is 3.43. The summed E-state index contributed by atoms with van der Waals surface area (Å²) in [7, 11) is 0. The molecule has 0 unspecified atom stereocenters. The number of rotatable bonds is 3. The minimum Gasteiger partial charge on any atom is -0.115 e. The van der Waals surface area contributed by atoms with E-state index in [-0.39, 0.29) is 0 Å². The highest BCUT2D eigenvalue weighted by atomic mass is 14.2. The summed E-state index contributed by atoms with van der Waals surface area (Å²) >= 11 is 0. The van der Waals surface area contributed by atoms with E-state index in [1.165, 1.54) is 49.7 Å². The molecular formula is C32H40. The van der Waals surface area contributed by atoms with Crippen LogP contribution in [0.2, 0.25) is 0 Å². The summed E-state index contributed by atoms with van der Waals surface area (Å²) in [5, 5.41) is 0. The molecule has 0 bridgehead atoms. The largest absolute Gasteiger partial charge is 0.115 e. The summed E-state index contributed by atoms with van der Waals surface area (Å²) in [6, 6.07) is 30.1. The summed E-state index contributed by atoms with van der Waals surface area (Å²) in [6.45, 7) is 8.11. The normalized spacial score (nSPS) is 12.3. The Balaban J connectivity index is 0.000000213. The summed E-state index contributed by atoms with van der Waals surface area (Å²) in [5.41, 5.74) is 3.52. The lowest BCUT2D eigenvalue weighted by Gasteiger charge is -2.18. The molecule has 0 aliphatic heterocycles. The maximum absolute atomic E-state index is 5.10. The molecule has 0 heterocycles. The molecule has 0 nitrogen and oxygen atoms in total. The molecule has 1 saturated carbocycles.